The summed E-state index contributed by atoms with van der Waals surface area (Å²) in [4.78, 5) is 4.87. The van der Waals surface area contributed by atoms with Crippen molar-refractivity contribution in [3.05, 3.63) is 81.5 Å². The number of rotatable bonds is 6. The number of nitrogens with one attached hydrogen (secondary N) is 1. The molecule has 0 fully saturated rings. The highest BCUT2D eigenvalue weighted by atomic mass is 19.1. The molecule has 0 atom stereocenters. The Kier molecular flexibility index (Phi) is 6.95. The Bertz CT molecular complexity index is 846. The van der Waals surface area contributed by atoms with E-state index in [-0.39, 0.29) is 5.82 Å². The van der Waals surface area contributed by atoms with Gasteiger partial charge < -0.3 is 5.32 Å². The summed E-state index contributed by atoms with van der Waals surface area (Å²) in [6.45, 7) is 14.2. The van der Waals surface area contributed by atoms with Crippen molar-refractivity contribution in [3.63, 3.8) is 0 Å². The Balaban J connectivity index is 2.66. The number of hydrogen-bond donors (Lipinski definition) is 1. The third-order valence-corrected chi connectivity index (χ3v) is 5.40. The van der Waals surface area contributed by atoms with E-state index in [0.29, 0.717) is 11.3 Å². The summed E-state index contributed by atoms with van der Waals surface area (Å²) < 4.78 is 14.4. The van der Waals surface area contributed by atoms with E-state index in [0.717, 1.165) is 35.4 Å². The van der Waals surface area contributed by atoms with Crippen LogP contribution in [0, 0.1) is 12.7 Å². The highest BCUT2D eigenvalue weighted by Gasteiger charge is 2.18. The van der Waals surface area contributed by atoms with Gasteiger partial charge in [0.05, 0.1) is 5.70 Å². The van der Waals surface area contributed by atoms with E-state index in [2.05, 4.69) is 25.7 Å². The van der Waals surface area contributed by atoms with Crippen molar-refractivity contribution in [2.45, 2.75) is 53.9 Å². The van der Waals surface area contributed by atoms with Crippen LogP contribution in [0.25, 0.3) is 0 Å². The summed E-state index contributed by atoms with van der Waals surface area (Å²) in [5.41, 5.74) is 8.94. The predicted octanol–water partition coefficient (Wildman–Crippen LogP) is 6.40. The average molecular weight is 367 g/mol. The van der Waals surface area contributed by atoms with Gasteiger partial charge in [-0.15, -0.1) is 0 Å². The summed E-state index contributed by atoms with van der Waals surface area (Å²) >= 11 is 0. The normalized spacial score (nSPS) is 16.9. The first kappa shape index (κ1) is 20.9. The maximum absolute atomic E-state index is 14.4. The minimum Gasteiger partial charge on any atom is -0.390 e. The van der Waals surface area contributed by atoms with Crippen LogP contribution in [0.2, 0.25) is 0 Å². The Hall–Kier alpha value is -2.42. The van der Waals surface area contributed by atoms with Gasteiger partial charge in [0.2, 0.25) is 0 Å². The largest absolute Gasteiger partial charge is 0.390 e. The summed E-state index contributed by atoms with van der Waals surface area (Å²) in [5.74, 6) is -0.243. The van der Waals surface area contributed by atoms with Crippen molar-refractivity contribution in [1.82, 2.24) is 5.32 Å². The van der Waals surface area contributed by atoms with Gasteiger partial charge in [-0.1, -0.05) is 30.4 Å². The van der Waals surface area contributed by atoms with Crippen LogP contribution < -0.4 is 5.32 Å². The van der Waals surface area contributed by atoms with Gasteiger partial charge in [0.25, 0.3) is 0 Å². The molecule has 0 unspecified atom stereocenters. The van der Waals surface area contributed by atoms with E-state index in [1.165, 1.54) is 29.2 Å². The molecule has 1 aliphatic rings. The number of hydrogen-bond acceptors (Lipinski definition) is 2. The molecule has 0 saturated carbocycles. The molecule has 2 rings (SSSR count). The van der Waals surface area contributed by atoms with Crippen LogP contribution in [0.15, 0.2) is 69.5 Å². The van der Waals surface area contributed by atoms with E-state index >= 15 is 0 Å². The third-order valence-electron chi connectivity index (χ3n) is 5.40. The number of aryl methyl sites for hydroxylation is 1. The molecule has 0 bridgehead atoms. The number of halogens is 1. The van der Waals surface area contributed by atoms with Crippen molar-refractivity contribution < 1.29 is 4.39 Å². The standard InChI is InChI=1S/C24H31FN2/c1-8-20(17(4)21-13-9-11-15(21)2)24(19(6)26-7)27-18(5)23-16(3)12-10-14-22(23)25/h8,10,12,14,26H,1,9,11,13H2,2-7H3/b20-17+,24-19+,27-18+. The molecule has 0 radical (unpaired) electrons. The molecule has 1 aliphatic carbocycles. The lowest BCUT2D eigenvalue weighted by Crippen LogP contribution is -2.10. The van der Waals surface area contributed by atoms with Gasteiger partial charge in [-0.2, -0.15) is 0 Å². The molecule has 1 N–H and O–H groups in total. The molecule has 0 amide bonds. The molecular weight excluding hydrogens is 335 g/mol. The van der Waals surface area contributed by atoms with Gasteiger partial charge in [0.15, 0.2) is 0 Å². The number of benzene rings is 1. The summed E-state index contributed by atoms with van der Waals surface area (Å²) in [7, 11) is 1.88. The lowest BCUT2D eigenvalue weighted by atomic mass is 9.95. The smallest absolute Gasteiger partial charge is 0.132 e. The van der Waals surface area contributed by atoms with Crippen LogP contribution in [0.4, 0.5) is 4.39 Å². The monoisotopic (exact) mass is 366 g/mol. The number of nitrogens with zero attached hydrogens (tertiary/aromatic N) is 1. The topological polar surface area (TPSA) is 24.4 Å². The number of allylic oxidation sites excluding steroid dienone is 5. The molecule has 3 heteroatoms. The van der Waals surface area contributed by atoms with Gasteiger partial charge in [-0.25, -0.2) is 4.39 Å². The Morgan fingerprint density at radius 3 is 2.41 bits per heavy atom. The number of aliphatic imine (C=N–C) groups is 1. The lowest BCUT2D eigenvalue weighted by molar-refractivity contribution is 0.624. The van der Waals surface area contributed by atoms with Crippen molar-refractivity contribution >= 4 is 5.71 Å². The van der Waals surface area contributed by atoms with Crippen LogP contribution in [0.3, 0.4) is 0 Å². The first-order valence-corrected chi connectivity index (χ1v) is 9.53. The minimum absolute atomic E-state index is 0.243. The maximum atomic E-state index is 14.4. The van der Waals surface area contributed by atoms with Gasteiger partial charge in [0.1, 0.15) is 5.82 Å². The Labute approximate surface area is 163 Å². The molecule has 2 nitrogen and oxygen atoms in total. The third kappa shape index (κ3) is 4.47. The van der Waals surface area contributed by atoms with E-state index < -0.39 is 0 Å². The van der Waals surface area contributed by atoms with E-state index in [9.17, 15) is 4.39 Å². The summed E-state index contributed by atoms with van der Waals surface area (Å²) in [6.07, 6.45) is 5.31. The Morgan fingerprint density at radius 1 is 1.19 bits per heavy atom. The first-order valence-electron chi connectivity index (χ1n) is 9.53. The zero-order valence-corrected chi connectivity index (χ0v) is 17.5. The molecule has 27 heavy (non-hydrogen) atoms. The summed E-state index contributed by atoms with van der Waals surface area (Å²) in [5, 5.41) is 3.20. The van der Waals surface area contributed by atoms with Crippen LogP contribution >= 0.6 is 0 Å². The Morgan fingerprint density at radius 2 is 1.89 bits per heavy atom. The van der Waals surface area contributed by atoms with Crippen LogP contribution in [0.1, 0.15) is 58.1 Å². The molecular formula is C24H31FN2. The highest BCUT2D eigenvalue weighted by molar-refractivity contribution is 6.01. The van der Waals surface area contributed by atoms with Gasteiger partial charge in [-0.3, -0.25) is 4.99 Å². The zero-order chi connectivity index (χ0) is 20.1. The molecule has 0 aromatic heterocycles. The van der Waals surface area contributed by atoms with Gasteiger partial charge in [0, 0.05) is 29.6 Å². The van der Waals surface area contributed by atoms with Crippen molar-refractivity contribution in [2.24, 2.45) is 4.99 Å². The van der Waals surface area contributed by atoms with Crippen LogP contribution in [0.5, 0.6) is 0 Å². The molecule has 0 aliphatic heterocycles. The van der Waals surface area contributed by atoms with E-state index in [1.807, 2.05) is 40.0 Å². The first-order chi connectivity index (χ1) is 12.8. The second kappa shape index (κ2) is 8.98. The van der Waals surface area contributed by atoms with Crippen molar-refractivity contribution in [1.29, 1.82) is 0 Å². The highest BCUT2D eigenvalue weighted by Crippen LogP contribution is 2.35. The SMILES string of the molecule is C=CC(=C(/C)C1=C(C)CCC1)/C(/N=C(\C)c1c(C)cccc1F)=C(/C)NC. The van der Waals surface area contributed by atoms with Crippen LogP contribution in [-0.4, -0.2) is 12.8 Å². The molecule has 144 valence electrons. The fraction of sp³-hybridized carbons (Fsp3) is 0.375. The predicted molar refractivity (Wildman–Crippen MR) is 115 cm³/mol. The second-order valence-electron chi connectivity index (χ2n) is 7.21. The molecule has 1 aromatic rings. The lowest BCUT2D eigenvalue weighted by Gasteiger charge is -2.16. The summed E-state index contributed by atoms with van der Waals surface area (Å²) in [6, 6.07) is 5.12. The molecule has 0 saturated heterocycles. The van der Waals surface area contributed by atoms with Crippen LogP contribution in [-0.2, 0) is 0 Å². The zero-order valence-electron chi connectivity index (χ0n) is 17.5. The van der Waals surface area contributed by atoms with Crippen molar-refractivity contribution in [3.8, 4) is 0 Å². The van der Waals surface area contributed by atoms with Gasteiger partial charge >= 0.3 is 0 Å². The fourth-order valence-electron chi connectivity index (χ4n) is 3.77. The average Bonchev–Trinajstić information content (AvgIpc) is 3.06. The maximum Gasteiger partial charge on any atom is 0.132 e. The second-order valence-corrected chi connectivity index (χ2v) is 7.21. The molecule has 0 spiro atoms. The van der Waals surface area contributed by atoms with E-state index in [4.69, 9.17) is 4.99 Å². The van der Waals surface area contributed by atoms with E-state index in [1.54, 1.807) is 6.07 Å². The molecule has 0 heterocycles. The van der Waals surface area contributed by atoms with Crippen molar-refractivity contribution in [2.75, 3.05) is 7.05 Å². The molecule has 1 aromatic carbocycles. The quantitative estimate of drug-likeness (QED) is 0.457. The minimum atomic E-state index is -0.243. The fourth-order valence-corrected chi connectivity index (χ4v) is 3.77. The van der Waals surface area contributed by atoms with Gasteiger partial charge in [-0.05, 0) is 76.7 Å².